The van der Waals surface area contributed by atoms with Crippen LogP contribution in [-0.4, -0.2) is 23.1 Å². The summed E-state index contributed by atoms with van der Waals surface area (Å²) in [5.41, 5.74) is 5.85. The summed E-state index contributed by atoms with van der Waals surface area (Å²) in [7, 11) is 0. The number of amides is 1. The fourth-order valence-corrected chi connectivity index (χ4v) is 1.94. The number of aliphatic hydroxyl groups excluding tert-OH is 1. The largest absolute Gasteiger partial charge is 0.443 e. The smallest absolute Gasteiger partial charge is 0.405 e. The molecule has 5 heteroatoms. The van der Waals surface area contributed by atoms with Gasteiger partial charge in [0.1, 0.15) is 11.9 Å². The number of ether oxygens (including phenoxy) is 1. The van der Waals surface area contributed by atoms with Gasteiger partial charge in [0.05, 0.1) is 6.10 Å². The summed E-state index contributed by atoms with van der Waals surface area (Å²) in [6.45, 7) is 3.51. The number of carbonyl (C=O) groups excluding carboxylic acids is 2. The predicted molar refractivity (Wildman–Crippen MR) is 70.5 cm³/mol. The number of carbonyl (C=O) groups is 2. The van der Waals surface area contributed by atoms with Gasteiger partial charge in [0.25, 0.3) is 0 Å². The maximum Gasteiger partial charge on any atom is 0.405 e. The van der Waals surface area contributed by atoms with Gasteiger partial charge in [-0.25, -0.2) is 4.79 Å². The number of hydrogen-bond acceptors (Lipinski definition) is 4. The predicted octanol–water partition coefficient (Wildman–Crippen LogP) is 1.73. The van der Waals surface area contributed by atoms with Crippen LogP contribution in [0.3, 0.4) is 0 Å². The van der Waals surface area contributed by atoms with Gasteiger partial charge < -0.3 is 20.4 Å². The standard InChI is InChI=1S/C14H19NO4/c1-14(2,19-13(15)18)9-10-4-3-5-11(8-10)12(17)6-7-16/h3-5,7-8,12,17H,6,9H2,1-2H3,(H2,15,18). The highest BCUT2D eigenvalue weighted by Crippen LogP contribution is 2.21. The Morgan fingerprint density at radius 1 is 1.53 bits per heavy atom. The lowest BCUT2D eigenvalue weighted by Crippen LogP contribution is -2.33. The summed E-state index contributed by atoms with van der Waals surface area (Å²) < 4.78 is 5.01. The van der Waals surface area contributed by atoms with Gasteiger partial charge in [-0.05, 0) is 25.0 Å². The third-order valence-corrected chi connectivity index (χ3v) is 2.66. The molecule has 1 rings (SSSR count). The first-order chi connectivity index (χ1) is 8.84. The number of primary amides is 1. The third-order valence-electron chi connectivity index (χ3n) is 2.66. The number of benzene rings is 1. The van der Waals surface area contributed by atoms with Gasteiger partial charge in [-0.2, -0.15) is 0 Å². The van der Waals surface area contributed by atoms with E-state index in [4.69, 9.17) is 10.5 Å². The first kappa shape index (κ1) is 15.2. The molecule has 0 saturated carbocycles. The van der Waals surface area contributed by atoms with E-state index in [1.165, 1.54) is 0 Å². The molecule has 0 heterocycles. The van der Waals surface area contributed by atoms with Crippen LogP contribution in [0.5, 0.6) is 0 Å². The number of aldehydes is 1. The van der Waals surface area contributed by atoms with Gasteiger partial charge in [0.15, 0.2) is 0 Å². The summed E-state index contributed by atoms with van der Waals surface area (Å²) in [6, 6.07) is 7.20. The molecule has 0 fully saturated rings. The molecule has 1 aromatic carbocycles. The Bertz CT molecular complexity index is 457. The van der Waals surface area contributed by atoms with Crippen LogP contribution < -0.4 is 5.73 Å². The molecule has 104 valence electrons. The van der Waals surface area contributed by atoms with Crippen molar-refractivity contribution in [2.24, 2.45) is 5.73 Å². The zero-order valence-corrected chi connectivity index (χ0v) is 11.1. The summed E-state index contributed by atoms with van der Waals surface area (Å²) in [4.78, 5) is 21.2. The van der Waals surface area contributed by atoms with Crippen LogP contribution in [0.25, 0.3) is 0 Å². The van der Waals surface area contributed by atoms with E-state index in [1.54, 1.807) is 32.0 Å². The van der Waals surface area contributed by atoms with E-state index in [0.29, 0.717) is 18.3 Å². The molecule has 1 atom stereocenters. The molecule has 19 heavy (non-hydrogen) atoms. The van der Waals surface area contributed by atoms with Crippen molar-refractivity contribution in [3.8, 4) is 0 Å². The highest BCUT2D eigenvalue weighted by Gasteiger charge is 2.22. The molecule has 0 aliphatic heterocycles. The quantitative estimate of drug-likeness (QED) is 0.766. The van der Waals surface area contributed by atoms with Crippen LogP contribution in [0.4, 0.5) is 4.79 Å². The molecule has 1 aromatic rings. The van der Waals surface area contributed by atoms with E-state index in [1.807, 2.05) is 6.07 Å². The van der Waals surface area contributed by atoms with Crippen molar-refractivity contribution in [3.05, 3.63) is 35.4 Å². The normalized spacial score (nSPS) is 12.8. The highest BCUT2D eigenvalue weighted by molar-refractivity contribution is 5.65. The monoisotopic (exact) mass is 265 g/mol. The van der Waals surface area contributed by atoms with E-state index in [9.17, 15) is 14.7 Å². The van der Waals surface area contributed by atoms with Crippen LogP contribution in [0, 0.1) is 0 Å². The van der Waals surface area contributed by atoms with Gasteiger partial charge in [-0.1, -0.05) is 24.3 Å². The number of aliphatic hydroxyl groups is 1. The fourth-order valence-electron chi connectivity index (χ4n) is 1.94. The molecule has 0 aliphatic rings. The summed E-state index contributed by atoms with van der Waals surface area (Å²) in [5.74, 6) is 0. The van der Waals surface area contributed by atoms with Gasteiger partial charge in [-0.3, -0.25) is 0 Å². The first-order valence-electron chi connectivity index (χ1n) is 6.03. The second kappa shape index (κ2) is 6.33. The molecular weight excluding hydrogens is 246 g/mol. The minimum absolute atomic E-state index is 0.0602. The molecule has 5 nitrogen and oxygen atoms in total. The zero-order chi connectivity index (χ0) is 14.5. The summed E-state index contributed by atoms with van der Waals surface area (Å²) in [5, 5.41) is 9.75. The van der Waals surface area contributed by atoms with Crippen molar-refractivity contribution < 1.29 is 19.4 Å². The van der Waals surface area contributed by atoms with E-state index in [-0.39, 0.29) is 6.42 Å². The Morgan fingerprint density at radius 3 is 2.79 bits per heavy atom. The van der Waals surface area contributed by atoms with Crippen molar-refractivity contribution in [1.82, 2.24) is 0 Å². The Labute approximate surface area is 112 Å². The van der Waals surface area contributed by atoms with Crippen LogP contribution in [0.15, 0.2) is 24.3 Å². The van der Waals surface area contributed by atoms with Gasteiger partial charge in [0.2, 0.25) is 0 Å². The van der Waals surface area contributed by atoms with Gasteiger partial charge >= 0.3 is 6.09 Å². The second-order valence-electron chi connectivity index (χ2n) is 5.02. The molecule has 0 saturated heterocycles. The molecule has 0 aromatic heterocycles. The summed E-state index contributed by atoms with van der Waals surface area (Å²) in [6.07, 6.45) is -0.417. The number of hydrogen-bond donors (Lipinski definition) is 2. The molecule has 0 bridgehead atoms. The molecule has 0 spiro atoms. The van der Waals surface area contributed by atoms with E-state index >= 15 is 0 Å². The molecule has 0 radical (unpaired) electrons. The van der Waals surface area contributed by atoms with Crippen LogP contribution in [0.1, 0.15) is 37.5 Å². The maximum absolute atomic E-state index is 10.8. The Morgan fingerprint density at radius 2 is 2.21 bits per heavy atom. The molecule has 3 N–H and O–H groups in total. The Balaban J connectivity index is 2.82. The Kier molecular flexibility index (Phi) is 5.06. The molecule has 1 unspecified atom stereocenters. The minimum atomic E-state index is -0.817. The van der Waals surface area contributed by atoms with Crippen LogP contribution >= 0.6 is 0 Å². The number of nitrogens with two attached hydrogens (primary N) is 1. The lowest BCUT2D eigenvalue weighted by Gasteiger charge is -2.24. The Hall–Kier alpha value is -1.88. The van der Waals surface area contributed by atoms with E-state index < -0.39 is 17.8 Å². The molecule has 0 aliphatic carbocycles. The third kappa shape index (κ3) is 5.09. The van der Waals surface area contributed by atoms with Crippen molar-refractivity contribution in [2.45, 2.75) is 38.4 Å². The molecule has 1 amide bonds. The summed E-state index contributed by atoms with van der Waals surface area (Å²) >= 11 is 0. The van der Waals surface area contributed by atoms with Crippen LogP contribution in [0.2, 0.25) is 0 Å². The van der Waals surface area contributed by atoms with E-state index in [2.05, 4.69) is 0 Å². The second-order valence-corrected chi connectivity index (χ2v) is 5.02. The van der Waals surface area contributed by atoms with Crippen molar-refractivity contribution >= 4 is 12.4 Å². The van der Waals surface area contributed by atoms with E-state index in [0.717, 1.165) is 5.56 Å². The van der Waals surface area contributed by atoms with Crippen molar-refractivity contribution in [1.29, 1.82) is 0 Å². The van der Waals surface area contributed by atoms with Gasteiger partial charge in [0, 0.05) is 12.8 Å². The lowest BCUT2D eigenvalue weighted by atomic mass is 9.95. The number of rotatable bonds is 6. The topological polar surface area (TPSA) is 89.6 Å². The highest BCUT2D eigenvalue weighted by atomic mass is 16.6. The van der Waals surface area contributed by atoms with Crippen molar-refractivity contribution in [2.75, 3.05) is 0 Å². The average molecular weight is 265 g/mol. The SMILES string of the molecule is CC(C)(Cc1cccc(C(O)CC=O)c1)OC(N)=O. The van der Waals surface area contributed by atoms with Crippen LogP contribution in [-0.2, 0) is 16.0 Å². The lowest BCUT2D eigenvalue weighted by molar-refractivity contribution is -0.109. The zero-order valence-electron chi connectivity index (χ0n) is 11.1. The van der Waals surface area contributed by atoms with Gasteiger partial charge in [-0.15, -0.1) is 0 Å². The maximum atomic E-state index is 10.8. The van der Waals surface area contributed by atoms with Crippen molar-refractivity contribution in [3.63, 3.8) is 0 Å². The minimum Gasteiger partial charge on any atom is -0.443 e. The average Bonchev–Trinajstić information content (AvgIpc) is 2.27. The molecular formula is C14H19NO4. The fraction of sp³-hybridized carbons (Fsp3) is 0.429. The first-order valence-corrected chi connectivity index (χ1v) is 6.03.